The van der Waals surface area contributed by atoms with Crippen LogP contribution < -0.4 is 20.7 Å². The van der Waals surface area contributed by atoms with Crippen LogP contribution in [-0.4, -0.2) is 42.3 Å². The normalized spacial score (nSPS) is 16.8. The molecule has 9 nitrogen and oxygen atoms in total. The van der Waals surface area contributed by atoms with E-state index in [4.69, 9.17) is 4.74 Å². The van der Waals surface area contributed by atoms with Crippen molar-refractivity contribution >= 4 is 35.1 Å². The van der Waals surface area contributed by atoms with Gasteiger partial charge in [-0.1, -0.05) is 55.8 Å². The first kappa shape index (κ1) is 25.4. The largest absolute Gasteiger partial charge is 0.495 e. The standard InChI is InChI=1S/C28H28N4O5/c1-3-17-28(20-9-5-4-6-10-20)26(35)32(27(36)31-28)18-24(33)29-21-15-13-19(14-16-21)25(34)30-22-11-7-8-12-23(22)37-2/h4-16H,3,17-18H2,1-2H3,(H,29,33)(H,30,34)(H,31,36)/t28-/m1/s1. The Kier molecular flexibility index (Phi) is 7.52. The van der Waals surface area contributed by atoms with Gasteiger partial charge in [0, 0.05) is 11.3 Å². The van der Waals surface area contributed by atoms with Crippen LogP contribution in [-0.2, 0) is 15.1 Å². The molecule has 3 N–H and O–H groups in total. The second-order valence-corrected chi connectivity index (χ2v) is 8.62. The van der Waals surface area contributed by atoms with Gasteiger partial charge in [0.15, 0.2) is 0 Å². The van der Waals surface area contributed by atoms with Crippen LogP contribution in [0.15, 0.2) is 78.9 Å². The van der Waals surface area contributed by atoms with Crippen LogP contribution in [0.5, 0.6) is 5.75 Å². The minimum Gasteiger partial charge on any atom is -0.495 e. The van der Waals surface area contributed by atoms with Crippen LogP contribution in [0, 0.1) is 0 Å². The zero-order valence-corrected chi connectivity index (χ0v) is 20.6. The SMILES string of the molecule is CCC[C@]1(c2ccccc2)NC(=O)N(CC(=O)Nc2ccc(C(=O)Nc3ccccc3OC)cc2)C1=O. The minimum absolute atomic E-state index is 0.338. The van der Waals surface area contributed by atoms with E-state index in [0.717, 1.165) is 4.90 Å². The zero-order valence-electron chi connectivity index (χ0n) is 20.6. The summed E-state index contributed by atoms with van der Waals surface area (Å²) >= 11 is 0. The van der Waals surface area contributed by atoms with Crippen LogP contribution in [0.2, 0.25) is 0 Å². The second kappa shape index (κ2) is 10.9. The number of para-hydroxylation sites is 2. The van der Waals surface area contributed by atoms with E-state index in [1.807, 2.05) is 25.1 Å². The molecule has 1 aliphatic heterocycles. The topological polar surface area (TPSA) is 117 Å². The lowest BCUT2D eigenvalue weighted by Crippen LogP contribution is -2.44. The number of benzene rings is 3. The Hall–Kier alpha value is -4.66. The van der Waals surface area contributed by atoms with Crippen LogP contribution in [0.4, 0.5) is 16.2 Å². The molecule has 0 saturated carbocycles. The van der Waals surface area contributed by atoms with Gasteiger partial charge in [-0.2, -0.15) is 0 Å². The van der Waals surface area contributed by atoms with E-state index in [9.17, 15) is 19.2 Å². The molecule has 0 radical (unpaired) electrons. The fourth-order valence-electron chi connectivity index (χ4n) is 4.37. The van der Waals surface area contributed by atoms with E-state index >= 15 is 0 Å². The molecule has 37 heavy (non-hydrogen) atoms. The zero-order chi connectivity index (χ0) is 26.4. The van der Waals surface area contributed by atoms with Crippen molar-refractivity contribution in [3.63, 3.8) is 0 Å². The predicted molar refractivity (Wildman–Crippen MR) is 139 cm³/mol. The summed E-state index contributed by atoms with van der Waals surface area (Å²) in [5, 5.41) is 8.27. The molecule has 5 amide bonds. The van der Waals surface area contributed by atoms with Gasteiger partial charge in [-0.25, -0.2) is 4.79 Å². The number of nitrogens with one attached hydrogen (secondary N) is 3. The van der Waals surface area contributed by atoms with Crippen molar-refractivity contribution in [1.29, 1.82) is 0 Å². The molecule has 190 valence electrons. The molecule has 4 rings (SSSR count). The van der Waals surface area contributed by atoms with Crippen molar-refractivity contribution in [1.82, 2.24) is 10.2 Å². The van der Waals surface area contributed by atoms with E-state index < -0.39 is 29.9 Å². The Morgan fingerprint density at radius 3 is 2.27 bits per heavy atom. The molecular weight excluding hydrogens is 472 g/mol. The van der Waals surface area contributed by atoms with E-state index in [0.29, 0.717) is 41.1 Å². The molecule has 3 aromatic carbocycles. The number of anilines is 2. The number of ether oxygens (including phenoxy) is 1. The highest BCUT2D eigenvalue weighted by atomic mass is 16.5. The fraction of sp³-hybridized carbons (Fsp3) is 0.214. The van der Waals surface area contributed by atoms with Gasteiger partial charge in [0.05, 0.1) is 12.8 Å². The predicted octanol–water partition coefficient (Wildman–Crippen LogP) is 4.13. The maximum atomic E-state index is 13.3. The molecule has 1 atom stereocenters. The number of urea groups is 1. The molecular formula is C28H28N4O5. The lowest BCUT2D eigenvalue weighted by atomic mass is 9.85. The number of nitrogens with zero attached hydrogens (tertiary/aromatic N) is 1. The third-order valence-corrected chi connectivity index (χ3v) is 6.16. The summed E-state index contributed by atoms with van der Waals surface area (Å²) in [6.45, 7) is 1.50. The third kappa shape index (κ3) is 5.30. The fourth-order valence-corrected chi connectivity index (χ4v) is 4.37. The second-order valence-electron chi connectivity index (χ2n) is 8.62. The van der Waals surface area contributed by atoms with E-state index in [1.165, 1.54) is 7.11 Å². The lowest BCUT2D eigenvalue weighted by Gasteiger charge is -2.26. The Morgan fingerprint density at radius 2 is 1.59 bits per heavy atom. The van der Waals surface area contributed by atoms with Crippen LogP contribution in [0.25, 0.3) is 0 Å². The highest BCUT2D eigenvalue weighted by Crippen LogP contribution is 2.33. The maximum Gasteiger partial charge on any atom is 0.325 e. The van der Waals surface area contributed by atoms with Crippen molar-refractivity contribution < 1.29 is 23.9 Å². The summed E-state index contributed by atoms with van der Waals surface area (Å²) in [7, 11) is 1.52. The van der Waals surface area contributed by atoms with E-state index in [-0.39, 0.29) is 5.91 Å². The molecule has 1 aliphatic rings. The van der Waals surface area contributed by atoms with Crippen LogP contribution >= 0.6 is 0 Å². The molecule has 1 heterocycles. The Balaban J connectivity index is 1.40. The van der Waals surface area contributed by atoms with Crippen molar-refractivity contribution in [3.05, 3.63) is 90.0 Å². The molecule has 0 unspecified atom stereocenters. The number of hydrogen-bond acceptors (Lipinski definition) is 5. The lowest BCUT2D eigenvalue weighted by molar-refractivity contribution is -0.134. The Bertz CT molecular complexity index is 1310. The van der Waals surface area contributed by atoms with Crippen molar-refractivity contribution in [2.45, 2.75) is 25.3 Å². The molecule has 1 saturated heterocycles. The van der Waals surface area contributed by atoms with Gasteiger partial charge in [-0.15, -0.1) is 0 Å². The minimum atomic E-state index is -1.19. The van der Waals surface area contributed by atoms with Gasteiger partial charge in [0.2, 0.25) is 5.91 Å². The van der Waals surface area contributed by atoms with Crippen molar-refractivity contribution in [2.75, 3.05) is 24.3 Å². The van der Waals surface area contributed by atoms with Crippen molar-refractivity contribution in [2.24, 2.45) is 0 Å². The monoisotopic (exact) mass is 500 g/mol. The smallest absolute Gasteiger partial charge is 0.325 e. The first-order valence-corrected chi connectivity index (χ1v) is 11.9. The summed E-state index contributed by atoms with van der Waals surface area (Å²) < 4.78 is 5.25. The summed E-state index contributed by atoms with van der Waals surface area (Å²) in [5.41, 5.74) is 0.832. The quantitative estimate of drug-likeness (QED) is 0.382. The average Bonchev–Trinajstić information content (AvgIpc) is 3.15. The maximum absolute atomic E-state index is 13.3. The van der Waals surface area contributed by atoms with E-state index in [2.05, 4.69) is 16.0 Å². The first-order chi connectivity index (χ1) is 17.9. The summed E-state index contributed by atoms with van der Waals surface area (Å²) in [4.78, 5) is 52.3. The summed E-state index contributed by atoms with van der Waals surface area (Å²) in [6.07, 6.45) is 1.08. The summed E-state index contributed by atoms with van der Waals surface area (Å²) in [5.74, 6) is -0.788. The van der Waals surface area contributed by atoms with Crippen molar-refractivity contribution in [3.8, 4) is 5.75 Å². The highest BCUT2D eigenvalue weighted by molar-refractivity contribution is 6.10. The third-order valence-electron chi connectivity index (χ3n) is 6.16. The number of imide groups is 1. The molecule has 0 aliphatic carbocycles. The first-order valence-electron chi connectivity index (χ1n) is 11.9. The number of hydrogen-bond donors (Lipinski definition) is 3. The Labute approximate surface area is 214 Å². The molecule has 9 heteroatoms. The van der Waals surface area contributed by atoms with Gasteiger partial charge < -0.3 is 20.7 Å². The van der Waals surface area contributed by atoms with Crippen LogP contribution in [0.1, 0.15) is 35.7 Å². The average molecular weight is 501 g/mol. The van der Waals surface area contributed by atoms with Gasteiger partial charge in [0.1, 0.15) is 17.8 Å². The Morgan fingerprint density at radius 1 is 0.919 bits per heavy atom. The van der Waals surface area contributed by atoms with Gasteiger partial charge >= 0.3 is 6.03 Å². The molecule has 3 aromatic rings. The van der Waals surface area contributed by atoms with E-state index in [1.54, 1.807) is 60.7 Å². The van der Waals surface area contributed by atoms with Gasteiger partial charge in [-0.3, -0.25) is 19.3 Å². The highest BCUT2D eigenvalue weighted by Gasteiger charge is 2.52. The molecule has 0 aromatic heterocycles. The molecule has 0 bridgehead atoms. The number of carbonyl (C=O) groups excluding carboxylic acids is 4. The number of methoxy groups -OCH3 is 1. The van der Waals surface area contributed by atoms with Crippen LogP contribution in [0.3, 0.4) is 0 Å². The number of amides is 5. The number of carbonyl (C=O) groups is 4. The summed E-state index contributed by atoms with van der Waals surface area (Å²) in [6, 6.07) is 21.8. The molecule has 0 spiro atoms. The number of rotatable bonds is 9. The van der Waals surface area contributed by atoms with Gasteiger partial charge in [0.25, 0.3) is 11.8 Å². The molecule has 1 fully saturated rings. The van der Waals surface area contributed by atoms with Gasteiger partial charge in [-0.05, 0) is 48.4 Å².